The van der Waals surface area contributed by atoms with Crippen LogP contribution in [0.5, 0.6) is 0 Å². The fourth-order valence-electron chi connectivity index (χ4n) is 4.32. The highest BCUT2D eigenvalue weighted by molar-refractivity contribution is 6.17. The number of aromatic nitrogens is 1. The molecule has 0 spiro atoms. The van der Waals surface area contributed by atoms with Gasteiger partial charge in [0.2, 0.25) is 0 Å². The van der Waals surface area contributed by atoms with Crippen LogP contribution < -0.4 is 0 Å². The van der Waals surface area contributed by atoms with Gasteiger partial charge in [-0.3, -0.25) is 9.78 Å². The van der Waals surface area contributed by atoms with Crippen LogP contribution in [-0.4, -0.2) is 28.7 Å². The fourth-order valence-corrected chi connectivity index (χ4v) is 4.51. The Bertz CT molecular complexity index is 1260. The van der Waals surface area contributed by atoms with E-state index in [4.69, 9.17) is 11.6 Å². The van der Waals surface area contributed by atoms with Crippen molar-refractivity contribution in [1.82, 2.24) is 9.88 Å². The fraction of sp³-hybridized carbons (Fsp3) is 0.379. The summed E-state index contributed by atoms with van der Waals surface area (Å²) < 4.78 is 79.8. The summed E-state index contributed by atoms with van der Waals surface area (Å²) >= 11 is 5.73. The first kappa shape index (κ1) is 30.5. The molecule has 0 saturated carbocycles. The summed E-state index contributed by atoms with van der Waals surface area (Å²) in [7, 11) is 1.34. The molecule has 1 amide bonds. The van der Waals surface area contributed by atoms with Gasteiger partial charge in [-0.1, -0.05) is 37.1 Å². The number of pyridine rings is 1. The van der Waals surface area contributed by atoms with Crippen LogP contribution in [0.15, 0.2) is 54.7 Å². The number of benzene rings is 2. The Balaban J connectivity index is 1.94. The molecule has 0 unspecified atom stereocenters. The lowest BCUT2D eigenvalue weighted by Gasteiger charge is -2.21. The number of alkyl halides is 7. The van der Waals surface area contributed by atoms with Gasteiger partial charge in [-0.15, -0.1) is 11.6 Å². The van der Waals surface area contributed by atoms with Crippen LogP contribution >= 0.6 is 11.6 Å². The third kappa shape index (κ3) is 8.21. The van der Waals surface area contributed by atoms with Gasteiger partial charge in [0.25, 0.3) is 5.91 Å². The summed E-state index contributed by atoms with van der Waals surface area (Å²) in [5, 5.41) is 0. The van der Waals surface area contributed by atoms with Gasteiger partial charge < -0.3 is 4.90 Å². The Morgan fingerprint density at radius 1 is 0.872 bits per heavy atom. The van der Waals surface area contributed by atoms with Crippen molar-refractivity contribution in [3.8, 4) is 11.1 Å². The minimum atomic E-state index is -4.97. The summed E-state index contributed by atoms with van der Waals surface area (Å²) in [4.78, 5) is 19.0. The van der Waals surface area contributed by atoms with Crippen molar-refractivity contribution >= 4 is 17.5 Å². The van der Waals surface area contributed by atoms with E-state index in [9.17, 15) is 31.1 Å². The Morgan fingerprint density at radius 3 is 2.08 bits per heavy atom. The first-order valence-electron chi connectivity index (χ1n) is 12.5. The van der Waals surface area contributed by atoms with E-state index in [1.807, 2.05) is 37.3 Å². The molecule has 10 heteroatoms. The number of rotatable bonds is 10. The predicted molar refractivity (Wildman–Crippen MR) is 140 cm³/mol. The Labute approximate surface area is 228 Å². The number of hydrogen-bond donors (Lipinski definition) is 0. The second-order valence-corrected chi connectivity index (χ2v) is 9.84. The summed E-state index contributed by atoms with van der Waals surface area (Å²) in [6.07, 6.45) is -4.02. The normalized spacial score (nSPS) is 12.0. The zero-order chi connectivity index (χ0) is 28.8. The van der Waals surface area contributed by atoms with E-state index in [1.54, 1.807) is 0 Å². The van der Waals surface area contributed by atoms with Crippen LogP contribution in [0, 0.1) is 6.92 Å². The molecule has 0 fully saturated rings. The minimum Gasteiger partial charge on any atom is -0.337 e. The minimum absolute atomic E-state index is 0.0694. The van der Waals surface area contributed by atoms with Crippen molar-refractivity contribution in [2.45, 2.75) is 57.9 Å². The number of hydrogen-bond acceptors (Lipinski definition) is 2. The van der Waals surface area contributed by atoms with E-state index in [-0.39, 0.29) is 17.2 Å². The maximum atomic E-state index is 13.5. The summed E-state index contributed by atoms with van der Waals surface area (Å²) in [6.45, 7) is 1.43. The van der Waals surface area contributed by atoms with Crippen molar-refractivity contribution in [3.63, 3.8) is 0 Å². The van der Waals surface area contributed by atoms with E-state index in [2.05, 4.69) is 4.98 Å². The molecule has 0 aliphatic heterocycles. The topological polar surface area (TPSA) is 33.2 Å². The van der Waals surface area contributed by atoms with Crippen molar-refractivity contribution in [2.24, 2.45) is 0 Å². The number of unbranched alkanes of at least 4 members (excludes halogenated alkanes) is 3. The van der Waals surface area contributed by atoms with Crippen molar-refractivity contribution in [3.05, 3.63) is 88.2 Å². The molecule has 3 nitrogen and oxygen atoms in total. The molecule has 0 aliphatic rings. The van der Waals surface area contributed by atoms with E-state index in [0.717, 1.165) is 47.4 Å². The van der Waals surface area contributed by atoms with Gasteiger partial charge in [-0.2, -0.15) is 26.3 Å². The van der Waals surface area contributed by atoms with E-state index < -0.39 is 35.9 Å². The highest BCUT2D eigenvalue weighted by Crippen LogP contribution is 2.37. The van der Waals surface area contributed by atoms with Gasteiger partial charge in [-0.25, -0.2) is 0 Å². The van der Waals surface area contributed by atoms with Gasteiger partial charge in [0, 0.05) is 31.4 Å². The van der Waals surface area contributed by atoms with Gasteiger partial charge in [-0.05, 0) is 72.7 Å². The molecular weight excluding hydrogens is 542 g/mol. The van der Waals surface area contributed by atoms with Crippen molar-refractivity contribution in [1.29, 1.82) is 0 Å². The lowest BCUT2D eigenvalue weighted by molar-refractivity contribution is -0.143. The van der Waals surface area contributed by atoms with Crippen LogP contribution in [0.4, 0.5) is 26.3 Å². The number of nitrogens with zero attached hydrogens (tertiary/aromatic N) is 2. The molecule has 0 bridgehead atoms. The Hall–Kier alpha value is -3.07. The summed E-state index contributed by atoms with van der Waals surface area (Å²) in [6, 6.07) is 10.6. The van der Waals surface area contributed by atoms with Crippen LogP contribution in [-0.2, 0) is 25.3 Å². The highest BCUT2D eigenvalue weighted by atomic mass is 35.5. The molecule has 2 aromatic carbocycles. The molecular formula is C29H29ClF6N2O. The molecule has 39 heavy (non-hydrogen) atoms. The van der Waals surface area contributed by atoms with Gasteiger partial charge >= 0.3 is 12.4 Å². The van der Waals surface area contributed by atoms with Gasteiger partial charge in [0.15, 0.2) is 0 Å². The molecule has 3 rings (SSSR count). The number of carbonyl (C=O) groups excluding carboxylic acids is 1. The maximum Gasteiger partial charge on any atom is 0.416 e. The second kappa shape index (κ2) is 12.9. The lowest BCUT2D eigenvalue weighted by atomic mass is 9.95. The third-order valence-electron chi connectivity index (χ3n) is 6.36. The zero-order valence-corrected chi connectivity index (χ0v) is 22.4. The molecule has 0 N–H and O–H groups in total. The first-order valence-corrected chi connectivity index (χ1v) is 13.0. The van der Waals surface area contributed by atoms with E-state index >= 15 is 0 Å². The smallest absolute Gasteiger partial charge is 0.337 e. The van der Waals surface area contributed by atoms with Crippen molar-refractivity contribution in [2.75, 3.05) is 12.9 Å². The quantitative estimate of drug-likeness (QED) is 0.139. The van der Waals surface area contributed by atoms with E-state index in [1.165, 1.54) is 13.2 Å². The average molecular weight is 571 g/mol. The highest BCUT2D eigenvalue weighted by Gasteiger charge is 2.37. The summed E-state index contributed by atoms with van der Waals surface area (Å²) in [5.74, 6) is 0.0401. The maximum absolute atomic E-state index is 13.5. The van der Waals surface area contributed by atoms with Gasteiger partial charge in [0.1, 0.15) is 0 Å². The molecule has 0 radical (unpaired) electrons. The van der Waals surface area contributed by atoms with Crippen LogP contribution in [0.25, 0.3) is 11.1 Å². The number of halogens is 7. The van der Waals surface area contributed by atoms with E-state index in [0.29, 0.717) is 30.0 Å². The molecule has 0 atom stereocenters. The monoisotopic (exact) mass is 570 g/mol. The molecule has 1 heterocycles. The molecule has 0 saturated heterocycles. The van der Waals surface area contributed by atoms with Crippen LogP contribution in [0.2, 0.25) is 0 Å². The number of aryl methyl sites for hydroxylation is 2. The third-order valence-corrected chi connectivity index (χ3v) is 6.62. The molecule has 0 aliphatic carbocycles. The lowest BCUT2D eigenvalue weighted by Crippen LogP contribution is -2.27. The van der Waals surface area contributed by atoms with Gasteiger partial charge in [0.05, 0.1) is 16.7 Å². The average Bonchev–Trinajstić information content (AvgIpc) is 2.87. The van der Waals surface area contributed by atoms with Crippen LogP contribution in [0.3, 0.4) is 0 Å². The molecule has 3 aromatic rings. The Kier molecular flexibility index (Phi) is 10.0. The number of amides is 1. The standard InChI is InChI=1S/C29H29ClF6N2O/c1-19-9-6-7-11-24(19)25-16-23(10-5-3-4-8-12-30)37-17-26(25)27(39)38(2)18-20-13-21(28(31,32)33)15-22(14-20)29(34,35)36/h6-7,9,11,13-17H,3-5,8,10,12,18H2,1-2H3. The largest absolute Gasteiger partial charge is 0.416 e. The first-order chi connectivity index (χ1) is 18.3. The number of carbonyl (C=O) groups is 1. The Morgan fingerprint density at radius 2 is 1.49 bits per heavy atom. The van der Waals surface area contributed by atoms with Crippen molar-refractivity contribution < 1.29 is 31.1 Å². The zero-order valence-electron chi connectivity index (χ0n) is 21.6. The molecule has 210 valence electrons. The predicted octanol–water partition coefficient (Wildman–Crippen LogP) is 8.71. The SMILES string of the molecule is Cc1ccccc1-c1cc(CCCCCCCl)ncc1C(=O)N(C)Cc1cc(C(F)(F)F)cc(C(F)(F)F)c1. The van der Waals surface area contributed by atoms with Crippen LogP contribution in [0.1, 0.15) is 64.0 Å². The molecule has 1 aromatic heterocycles. The second-order valence-electron chi connectivity index (χ2n) is 9.46. The summed E-state index contributed by atoms with van der Waals surface area (Å²) in [5.41, 5.74) is 0.158.